The molecule has 0 radical (unpaired) electrons. The molecule has 0 fully saturated rings. The average Bonchev–Trinajstić information content (AvgIpc) is 2.21. The van der Waals surface area contributed by atoms with Crippen LogP contribution in [0.4, 0.5) is 0 Å². The summed E-state index contributed by atoms with van der Waals surface area (Å²) in [5.41, 5.74) is 0. The standard InChI is InChI=1S/C12H23O.Li/c1-3-5-7-8-10-12-13-11-9-6-4-2;/h5,7H,1,3-4,6,8-12H2,2H3;/b7-5-;. The van der Waals surface area contributed by atoms with Crippen molar-refractivity contribution in [3.05, 3.63) is 12.2 Å². The number of rotatable bonds is 10. The Kier molecular flexibility index (Phi) is 13.6. The summed E-state index contributed by atoms with van der Waals surface area (Å²) in [5.74, 6) is 0. The first-order valence-electron chi connectivity index (χ1n) is 6.14. The summed E-state index contributed by atoms with van der Waals surface area (Å²) in [7, 11) is 0. The fourth-order valence-electron chi connectivity index (χ4n) is 1.26. The number of unbranched alkanes of at least 4 members (excludes halogenated alkanes) is 3. The van der Waals surface area contributed by atoms with Gasteiger partial charge in [-0.25, -0.2) is 0 Å². The molecule has 1 nitrogen and oxygen atoms in total. The molecule has 0 aromatic carbocycles. The van der Waals surface area contributed by atoms with E-state index < -0.39 is 0 Å². The third-order valence-corrected chi connectivity index (χ3v) is 2.17. The van der Waals surface area contributed by atoms with Crippen LogP contribution in [0.1, 0.15) is 45.4 Å². The molecule has 14 heavy (non-hydrogen) atoms. The van der Waals surface area contributed by atoms with E-state index in [0.29, 0.717) is 0 Å². The first-order valence-corrected chi connectivity index (χ1v) is 6.14. The predicted molar refractivity (Wildman–Crippen MR) is 63.9 cm³/mol. The molecule has 0 amide bonds. The van der Waals surface area contributed by atoms with Gasteiger partial charge in [0.2, 0.25) is 0 Å². The second-order valence-corrected chi connectivity index (χ2v) is 3.72. The molecule has 0 atom stereocenters. The van der Waals surface area contributed by atoms with Crippen molar-refractivity contribution in [1.82, 2.24) is 0 Å². The quantitative estimate of drug-likeness (QED) is 0.291. The topological polar surface area (TPSA) is 9.23 Å². The summed E-state index contributed by atoms with van der Waals surface area (Å²) in [6.07, 6.45) is 11.9. The van der Waals surface area contributed by atoms with E-state index >= 15 is 0 Å². The third-order valence-electron chi connectivity index (χ3n) is 2.17. The van der Waals surface area contributed by atoms with Crippen molar-refractivity contribution in [2.24, 2.45) is 0 Å². The summed E-state index contributed by atoms with van der Waals surface area (Å²) in [4.78, 5) is 0. The molecule has 78 valence electrons. The summed E-state index contributed by atoms with van der Waals surface area (Å²) in [6.45, 7) is 4.10. The van der Waals surface area contributed by atoms with Crippen molar-refractivity contribution >= 4 is 17.7 Å². The van der Waals surface area contributed by atoms with E-state index in [4.69, 9.17) is 4.74 Å². The molecule has 0 aliphatic heterocycles. The van der Waals surface area contributed by atoms with Crippen molar-refractivity contribution in [2.75, 3.05) is 13.2 Å². The Balaban J connectivity index is 2.91. The van der Waals surface area contributed by atoms with Crippen molar-refractivity contribution in [3.8, 4) is 0 Å². The Morgan fingerprint density at radius 2 is 1.71 bits per heavy atom. The van der Waals surface area contributed by atoms with Gasteiger partial charge in [-0.05, 0) is 0 Å². The van der Waals surface area contributed by atoms with Crippen LogP contribution in [0.3, 0.4) is 0 Å². The molecule has 2 heteroatoms. The van der Waals surface area contributed by atoms with Crippen LogP contribution in [0, 0.1) is 0 Å². The number of allylic oxidation sites excluding steroid dienone is 2. The van der Waals surface area contributed by atoms with Gasteiger partial charge in [0, 0.05) is 0 Å². The van der Waals surface area contributed by atoms with Gasteiger partial charge in [0.25, 0.3) is 0 Å². The average molecular weight is 190 g/mol. The normalized spacial score (nSPS) is 11.4. The van der Waals surface area contributed by atoms with E-state index in [1.165, 1.54) is 43.6 Å². The molecule has 0 saturated carbocycles. The van der Waals surface area contributed by atoms with Crippen LogP contribution in [0.15, 0.2) is 12.2 Å². The van der Waals surface area contributed by atoms with Crippen LogP contribution in [0.2, 0.25) is 5.09 Å². The Morgan fingerprint density at radius 3 is 2.43 bits per heavy atom. The van der Waals surface area contributed by atoms with Gasteiger partial charge in [-0.15, -0.1) is 0 Å². The molecule has 0 aromatic rings. The summed E-state index contributed by atoms with van der Waals surface area (Å²) in [6, 6.07) is 0. The van der Waals surface area contributed by atoms with E-state index in [1.807, 2.05) is 0 Å². The van der Waals surface area contributed by atoms with Crippen LogP contribution < -0.4 is 0 Å². The molecule has 0 saturated heterocycles. The van der Waals surface area contributed by atoms with E-state index in [-0.39, 0.29) is 0 Å². The van der Waals surface area contributed by atoms with E-state index in [2.05, 4.69) is 36.8 Å². The molecular weight excluding hydrogens is 167 g/mol. The Bertz CT molecular complexity index is 123. The van der Waals surface area contributed by atoms with Gasteiger partial charge in [-0.3, -0.25) is 0 Å². The van der Waals surface area contributed by atoms with Crippen LogP contribution >= 0.6 is 0 Å². The number of hydrogen-bond donors (Lipinski definition) is 0. The van der Waals surface area contributed by atoms with Crippen molar-refractivity contribution in [3.63, 3.8) is 0 Å². The monoisotopic (exact) mass is 190 g/mol. The minimum Gasteiger partial charge on any atom is -0.0654 e. The summed E-state index contributed by atoms with van der Waals surface area (Å²) < 4.78 is 5.51. The second-order valence-electron chi connectivity index (χ2n) is 3.72. The van der Waals surface area contributed by atoms with Gasteiger partial charge >= 0.3 is 91.4 Å². The molecule has 0 unspecified atom stereocenters. The molecule has 0 spiro atoms. The van der Waals surface area contributed by atoms with Gasteiger partial charge in [0.15, 0.2) is 0 Å². The van der Waals surface area contributed by atoms with Crippen molar-refractivity contribution < 1.29 is 4.74 Å². The number of ether oxygens (including phenoxy) is 1. The van der Waals surface area contributed by atoms with E-state index in [1.54, 1.807) is 0 Å². The zero-order chi connectivity index (χ0) is 10.5. The van der Waals surface area contributed by atoms with Gasteiger partial charge in [-0.1, -0.05) is 6.92 Å². The first kappa shape index (κ1) is 14.3. The number of hydrogen-bond acceptors (Lipinski definition) is 1. The first-order chi connectivity index (χ1) is 6.91. The van der Waals surface area contributed by atoms with Crippen molar-refractivity contribution in [1.29, 1.82) is 0 Å². The van der Waals surface area contributed by atoms with Crippen molar-refractivity contribution in [2.45, 2.75) is 50.5 Å². The summed E-state index contributed by atoms with van der Waals surface area (Å²) in [5, 5.41) is 1.25. The maximum atomic E-state index is 5.51. The van der Waals surface area contributed by atoms with Crippen LogP contribution in [-0.2, 0) is 4.74 Å². The van der Waals surface area contributed by atoms with E-state index in [9.17, 15) is 0 Å². The fourth-order valence-corrected chi connectivity index (χ4v) is 1.26. The summed E-state index contributed by atoms with van der Waals surface area (Å²) >= 11 is 2.21. The third kappa shape index (κ3) is 12.3. The van der Waals surface area contributed by atoms with Gasteiger partial charge in [0.05, 0.1) is 0 Å². The zero-order valence-corrected chi connectivity index (χ0v) is 9.93. The molecule has 0 rings (SSSR count). The Labute approximate surface area is 98.5 Å². The zero-order valence-electron chi connectivity index (χ0n) is 9.93. The molecule has 0 heterocycles. The van der Waals surface area contributed by atoms with E-state index in [0.717, 1.165) is 13.2 Å². The fraction of sp³-hybridized carbons (Fsp3) is 0.833. The maximum absolute atomic E-state index is 5.51. The van der Waals surface area contributed by atoms with Gasteiger partial charge in [-0.2, -0.15) is 0 Å². The molecule has 0 N–H and O–H groups in total. The van der Waals surface area contributed by atoms with Crippen LogP contribution in [0.5, 0.6) is 0 Å². The molecular formula is C12H23LiO. The molecule has 0 aliphatic carbocycles. The second kappa shape index (κ2) is 13.3. The molecule has 0 aromatic heterocycles. The van der Waals surface area contributed by atoms with Gasteiger partial charge < -0.3 is 0 Å². The predicted octanol–water partition coefficient (Wildman–Crippen LogP) is 3.51. The Morgan fingerprint density at radius 1 is 1.00 bits per heavy atom. The van der Waals surface area contributed by atoms with Crippen LogP contribution in [0.25, 0.3) is 0 Å². The minimum atomic E-state index is 0.931. The minimum absolute atomic E-state index is 0.931. The molecule has 0 aliphatic rings. The van der Waals surface area contributed by atoms with Gasteiger partial charge in [0.1, 0.15) is 0 Å². The van der Waals surface area contributed by atoms with Crippen LogP contribution in [-0.4, -0.2) is 30.9 Å². The molecule has 0 bridgehead atoms. The Hall–Kier alpha value is 0.297. The smallest absolute Gasteiger partial charge is 0.0654 e. The SMILES string of the molecule is [Li][CH2]C/C=C\CCCOCCCCC.